The first-order chi connectivity index (χ1) is 9.93. The lowest BCUT2D eigenvalue weighted by Gasteiger charge is -2.41. The van der Waals surface area contributed by atoms with Crippen LogP contribution in [0.3, 0.4) is 0 Å². The highest BCUT2D eigenvalue weighted by molar-refractivity contribution is 6.00. The molecule has 0 radical (unpaired) electrons. The number of hydrogen-bond acceptors (Lipinski definition) is 2. The van der Waals surface area contributed by atoms with Crippen LogP contribution in [-0.2, 0) is 0 Å². The van der Waals surface area contributed by atoms with E-state index in [1.165, 1.54) is 6.42 Å². The van der Waals surface area contributed by atoms with Crippen molar-refractivity contribution >= 4 is 11.6 Å². The first-order valence-electron chi connectivity index (χ1n) is 8.09. The van der Waals surface area contributed by atoms with Crippen LogP contribution in [0.5, 0.6) is 0 Å². The zero-order chi connectivity index (χ0) is 15.6. The van der Waals surface area contributed by atoms with Crippen molar-refractivity contribution in [1.29, 1.82) is 0 Å². The highest BCUT2D eigenvalue weighted by Gasteiger charge is 2.33. The molecule has 1 fully saturated rings. The molecule has 3 nitrogen and oxygen atoms in total. The number of piperidine rings is 1. The Balaban J connectivity index is 2.32. The highest BCUT2D eigenvalue weighted by atomic mass is 16.2. The second-order valence-electron chi connectivity index (χ2n) is 6.60. The molecule has 3 atom stereocenters. The van der Waals surface area contributed by atoms with Crippen LogP contribution in [0.2, 0.25) is 0 Å². The van der Waals surface area contributed by atoms with Crippen LogP contribution >= 0.6 is 0 Å². The fourth-order valence-electron chi connectivity index (χ4n) is 3.32. The van der Waals surface area contributed by atoms with Gasteiger partial charge in [-0.1, -0.05) is 25.5 Å². The van der Waals surface area contributed by atoms with E-state index in [9.17, 15) is 4.79 Å². The summed E-state index contributed by atoms with van der Waals surface area (Å²) in [5, 5.41) is 3.31. The Morgan fingerprint density at radius 1 is 1.33 bits per heavy atom. The van der Waals surface area contributed by atoms with E-state index in [1.54, 1.807) is 0 Å². The van der Waals surface area contributed by atoms with Gasteiger partial charge in [0.1, 0.15) is 0 Å². The number of hydrogen-bond donors (Lipinski definition) is 1. The van der Waals surface area contributed by atoms with Gasteiger partial charge in [-0.15, -0.1) is 0 Å². The summed E-state index contributed by atoms with van der Waals surface area (Å²) in [7, 11) is 0. The maximum absolute atomic E-state index is 13.0. The number of likely N-dealkylation sites (tertiary alicyclic amines) is 1. The smallest absolute Gasteiger partial charge is 0.256 e. The summed E-state index contributed by atoms with van der Waals surface area (Å²) in [5.41, 5.74) is 2.89. The fourth-order valence-corrected chi connectivity index (χ4v) is 3.32. The number of carbonyl (C=O) groups is 1. The number of rotatable bonds is 3. The molecule has 1 saturated heterocycles. The highest BCUT2D eigenvalue weighted by Crippen LogP contribution is 2.29. The van der Waals surface area contributed by atoms with Crippen molar-refractivity contribution in [1.82, 2.24) is 4.90 Å². The van der Waals surface area contributed by atoms with Gasteiger partial charge in [0, 0.05) is 24.8 Å². The predicted molar refractivity (Wildman–Crippen MR) is 88.8 cm³/mol. The third-order valence-corrected chi connectivity index (χ3v) is 4.63. The molecule has 0 saturated carbocycles. The lowest BCUT2D eigenvalue weighted by Crippen LogP contribution is -2.49. The SMILES string of the molecule is CCNc1ccc(C)cc1C(=O)N1CC(C)CC(C)C1C. The van der Waals surface area contributed by atoms with Crippen molar-refractivity contribution in [2.75, 3.05) is 18.4 Å². The van der Waals surface area contributed by atoms with E-state index in [0.717, 1.165) is 29.9 Å². The number of nitrogens with zero attached hydrogens (tertiary/aromatic N) is 1. The third kappa shape index (κ3) is 3.39. The first-order valence-corrected chi connectivity index (χ1v) is 8.09. The summed E-state index contributed by atoms with van der Waals surface area (Å²) in [6.07, 6.45) is 1.21. The fraction of sp³-hybridized carbons (Fsp3) is 0.611. The van der Waals surface area contributed by atoms with Crippen molar-refractivity contribution in [3.63, 3.8) is 0 Å². The number of nitrogens with one attached hydrogen (secondary N) is 1. The Morgan fingerprint density at radius 3 is 2.71 bits per heavy atom. The molecule has 3 heteroatoms. The monoisotopic (exact) mass is 288 g/mol. The lowest BCUT2D eigenvalue weighted by molar-refractivity contribution is 0.0456. The van der Waals surface area contributed by atoms with Crippen LogP contribution in [-0.4, -0.2) is 29.9 Å². The molecule has 1 aromatic rings. The average molecular weight is 288 g/mol. The van der Waals surface area contributed by atoms with Crippen molar-refractivity contribution in [2.24, 2.45) is 11.8 Å². The zero-order valence-corrected chi connectivity index (χ0v) is 13.9. The molecule has 0 aromatic heterocycles. The number of aryl methyl sites for hydroxylation is 1. The van der Waals surface area contributed by atoms with E-state index in [1.807, 2.05) is 19.1 Å². The molecule has 1 aliphatic rings. The predicted octanol–water partition coefficient (Wildman–Crippen LogP) is 3.93. The second kappa shape index (κ2) is 6.50. The Kier molecular flexibility index (Phi) is 4.92. The van der Waals surface area contributed by atoms with E-state index in [2.05, 4.69) is 44.0 Å². The van der Waals surface area contributed by atoms with Gasteiger partial charge >= 0.3 is 0 Å². The van der Waals surface area contributed by atoms with Crippen LogP contribution in [0.15, 0.2) is 18.2 Å². The van der Waals surface area contributed by atoms with Gasteiger partial charge in [0.2, 0.25) is 0 Å². The molecule has 1 N–H and O–H groups in total. The molecule has 0 aliphatic carbocycles. The molecular formula is C18H28N2O. The number of benzene rings is 1. The quantitative estimate of drug-likeness (QED) is 0.914. The minimum absolute atomic E-state index is 0.167. The zero-order valence-electron chi connectivity index (χ0n) is 13.9. The van der Waals surface area contributed by atoms with Gasteiger partial charge in [0.25, 0.3) is 5.91 Å². The Bertz CT molecular complexity index is 512. The van der Waals surface area contributed by atoms with E-state index < -0.39 is 0 Å². The Labute approximate surface area is 128 Å². The maximum atomic E-state index is 13.0. The first kappa shape index (κ1) is 15.9. The summed E-state index contributed by atoms with van der Waals surface area (Å²) in [5.74, 6) is 1.30. The van der Waals surface area contributed by atoms with E-state index >= 15 is 0 Å². The van der Waals surface area contributed by atoms with Crippen molar-refractivity contribution in [2.45, 2.75) is 47.1 Å². The normalized spacial score (nSPS) is 25.8. The molecule has 1 heterocycles. The van der Waals surface area contributed by atoms with Crippen molar-refractivity contribution in [3.05, 3.63) is 29.3 Å². The van der Waals surface area contributed by atoms with Crippen LogP contribution < -0.4 is 5.32 Å². The summed E-state index contributed by atoms with van der Waals surface area (Å²) >= 11 is 0. The molecular weight excluding hydrogens is 260 g/mol. The van der Waals surface area contributed by atoms with Gasteiger partial charge in [-0.3, -0.25) is 4.79 Å². The molecule has 2 rings (SSSR count). The Morgan fingerprint density at radius 2 is 2.05 bits per heavy atom. The standard InChI is InChI=1S/C18H28N2O/c1-6-19-17-8-7-12(2)10-16(17)18(21)20-11-13(3)9-14(4)15(20)5/h7-8,10,13-15,19H,6,9,11H2,1-5H3. The molecule has 1 amide bonds. The second-order valence-corrected chi connectivity index (χ2v) is 6.60. The molecule has 3 unspecified atom stereocenters. The van der Waals surface area contributed by atoms with E-state index in [4.69, 9.17) is 0 Å². The summed E-state index contributed by atoms with van der Waals surface area (Å²) in [6.45, 7) is 12.5. The summed E-state index contributed by atoms with van der Waals surface area (Å²) < 4.78 is 0. The molecule has 116 valence electrons. The number of amides is 1. The van der Waals surface area contributed by atoms with Gasteiger partial charge in [-0.25, -0.2) is 0 Å². The Hall–Kier alpha value is -1.51. The van der Waals surface area contributed by atoms with E-state index in [0.29, 0.717) is 17.9 Å². The lowest BCUT2D eigenvalue weighted by atomic mass is 9.85. The van der Waals surface area contributed by atoms with Crippen LogP contribution in [0.25, 0.3) is 0 Å². The van der Waals surface area contributed by atoms with Gasteiger partial charge in [-0.05, 0) is 51.2 Å². The minimum Gasteiger partial charge on any atom is -0.385 e. The van der Waals surface area contributed by atoms with Crippen molar-refractivity contribution < 1.29 is 4.79 Å². The molecule has 0 spiro atoms. The summed E-state index contributed by atoms with van der Waals surface area (Å²) in [4.78, 5) is 15.1. The summed E-state index contributed by atoms with van der Waals surface area (Å²) in [6, 6.07) is 6.40. The van der Waals surface area contributed by atoms with Gasteiger partial charge in [0.15, 0.2) is 0 Å². The van der Waals surface area contributed by atoms with Crippen LogP contribution in [0.1, 0.15) is 50.0 Å². The minimum atomic E-state index is 0.167. The molecule has 1 aliphatic heterocycles. The van der Waals surface area contributed by atoms with Crippen molar-refractivity contribution in [3.8, 4) is 0 Å². The number of anilines is 1. The topological polar surface area (TPSA) is 32.3 Å². The van der Waals surface area contributed by atoms with Gasteiger partial charge in [-0.2, -0.15) is 0 Å². The van der Waals surface area contributed by atoms with Gasteiger partial charge < -0.3 is 10.2 Å². The number of carbonyl (C=O) groups excluding carboxylic acids is 1. The maximum Gasteiger partial charge on any atom is 0.256 e. The van der Waals surface area contributed by atoms with Gasteiger partial charge in [0.05, 0.1) is 5.56 Å². The van der Waals surface area contributed by atoms with Crippen LogP contribution in [0, 0.1) is 18.8 Å². The van der Waals surface area contributed by atoms with E-state index in [-0.39, 0.29) is 5.91 Å². The molecule has 21 heavy (non-hydrogen) atoms. The molecule has 1 aromatic carbocycles. The molecule has 0 bridgehead atoms. The third-order valence-electron chi connectivity index (χ3n) is 4.63. The largest absolute Gasteiger partial charge is 0.385 e. The van der Waals surface area contributed by atoms with Crippen LogP contribution in [0.4, 0.5) is 5.69 Å². The average Bonchev–Trinajstić information content (AvgIpc) is 2.44.